The highest BCUT2D eigenvalue weighted by Gasteiger charge is 2.40. The van der Waals surface area contributed by atoms with Crippen molar-refractivity contribution in [2.24, 2.45) is 0 Å². The molecular formula is C15H30NO6P. The Morgan fingerprint density at radius 3 is 2.48 bits per heavy atom. The van der Waals surface area contributed by atoms with E-state index in [1.807, 2.05) is 18.7 Å². The molecule has 0 saturated carbocycles. The van der Waals surface area contributed by atoms with Gasteiger partial charge >= 0.3 is 7.82 Å². The maximum atomic E-state index is 12.3. The monoisotopic (exact) mass is 351 g/mol. The highest BCUT2D eigenvalue weighted by molar-refractivity contribution is 7.46. The maximum absolute atomic E-state index is 12.3. The van der Waals surface area contributed by atoms with Gasteiger partial charge in [0.25, 0.3) is 0 Å². The molecule has 8 heteroatoms. The molecule has 1 rings (SSSR count). The van der Waals surface area contributed by atoms with Crippen LogP contribution in [0.2, 0.25) is 0 Å². The number of phosphoric acid groups is 1. The van der Waals surface area contributed by atoms with Crippen LogP contribution in [0.25, 0.3) is 0 Å². The molecule has 0 aromatic rings. The van der Waals surface area contributed by atoms with Crippen molar-refractivity contribution in [3.8, 4) is 0 Å². The van der Waals surface area contributed by atoms with Crippen molar-refractivity contribution in [1.29, 1.82) is 0 Å². The Morgan fingerprint density at radius 1 is 1.30 bits per heavy atom. The van der Waals surface area contributed by atoms with Crippen LogP contribution in [0, 0.1) is 0 Å². The maximum Gasteiger partial charge on any atom is 0.470 e. The Kier molecular flexibility index (Phi) is 8.18. The predicted octanol–water partition coefficient (Wildman–Crippen LogP) is 2.20. The van der Waals surface area contributed by atoms with Crippen LogP contribution in [0.15, 0.2) is 0 Å². The van der Waals surface area contributed by atoms with E-state index < -0.39 is 13.4 Å². The second-order valence-corrected chi connectivity index (χ2v) is 7.40. The third-order valence-corrected chi connectivity index (χ3v) is 5.33. The Balaban J connectivity index is 2.74. The first kappa shape index (κ1) is 20.6. The fraction of sp³-hybridized carbons (Fsp3) is 0.933. The minimum atomic E-state index is -4.57. The van der Waals surface area contributed by atoms with Gasteiger partial charge in [-0.25, -0.2) is 4.57 Å². The molecule has 0 bridgehead atoms. The van der Waals surface area contributed by atoms with Crippen LogP contribution in [0.3, 0.4) is 0 Å². The topological polar surface area (TPSA) is 107 Å². The highest BCUT2D eigenvalue weighted by Crippen LogP contribution is 2.46. The number of aliphatic hydroxyl groups is 1. The summed E-state index contributed by atoms with van der Waals surface area (Å²) in [6, 6.07) is -0.0388. The van der Waals surface area contributed by atoms with Crippen molar-refractivity contribution < 1.29 is 28.8 Å². The summed E-state index contributed by atoms with van der Waals surface area (Å²) in [5.74, 6) is 0.0539. The van der Waals surface area contributed by atoms with E-state index >= 15 is 0 Å². The lowest BCUT2D eigenvalue weighted by molar-refractivity contribution is -0.133. The lowest BCUT2D eigenvalue weighted by Gasteiger charge is -2.37. The van der Waals surface area contributed by atoms with Gasteiger partial charge in [0.1, 0.15) is 0 Å². The zero-order valence-electron chi connectivity index (χ0n) is 14.1. The molecule has 1 aliphatic heterocycles. The van der Waals surface area contributed by atoms with E-state index in [1.165, 1.54) is 0 Å². The van der Waals surface area contributed by atoms with E-state index in [4.69, 9.17) is 9.63 Å². The third-order valence-electron chi connectivity index (χ3n) is 4.71. The number of rotatable bonds is 10. The number of phosphoric ester groups is 1. The molecule has 0 aromatic carbocycles. The molecule has 0 aromatic heterocycles. The molecule has 0 radical (unpaired) electrons. The van der Waals surface area contributed by atoms with Crippen LogP contribution in [0.5, 0.6) is 0 Å². The molecule has 3 N–H and O–H groups in total. The summed E-state index contributed by atoms with van der Waals surface area (Å²) in [5.41, 5.74) is -0.905. The number of hydrogen-bond acceptors (Lipinski definition) is 4. The van der Waals surface area contributed by atoms with Crippen molar-refractivity contribution in [3.63, 3.8) is 0 Å². The first-order valence-corrected chi connectivity index (χ1v) is 9.96. The smallest absolute Gasteiger partial charge is 0.396 e. The number of carbonyl (C=O) groups excluding carboxylic acids is 1. The highest BCUT2D eigenvalue weighted by atomic mass is 31.2. The molecule has 1 fully saturated rings. The molecule has 1 amide bonds. The van der Waals surface area contributed by atoms with Crippen LogP contribution in [0.1, 0.15) is 65.2 Å². The summed E-state index contributed by atoms with van der Waals surface area (Å²) in [7, 11) is -4.57. The molecule has 1 atom stereocenters. The number of nitrogens with zero attached hydrogens (tertiary/aromatic N) is 1. The summed E-state index contributed by atoms with van der Waals surface area (Å²) in [6.07, 6.45) is 4.81. The molecule has 23 heavy (non-hydrogen) atoms. The molecule has 1 heterocycles. The minimum Gasteiger partial charge on any atom is -0.396 e. The average Bonchev–Trinajstić information content (AvgIpc) is 2.93. The SMILES string of the molecule is CCC(CC)(C[C@@H]1CCCN1C(=O)CCCCO)OP(=O)(O)O. The molecular weight excluding hydrogens is 321 g/mol. The summed E-state index contributed by atoms with van der Waals surface area (Å²) in [4.78, 5) is 32.5. The first-order chi connectivity index (χ1) is 10.8. The molecule has 0 unspecified atom stereocenters. The van der Waals surface area contributed by atoms with Crippen molar-refractivity contribution >= 4 is 13.7 Å². The Labute approximate surface area is 138 Å². The van der Waals surface area contributed by atoms with Crippen molar-refractivity contribution in [2.45, 2.75) is 76.9 Å². The van der Waals surface area contributed by atoms with Gasteiger partial charge in [-0.05, 0) is 44.9 Å². The molecule has 1 saturated heterocycles. The van der Waals surface area contributed by atoms with E-state index in [2.05, 4.69) is 0 Å². The zero-order chi connectivity index (χ0) is 17.5. The van der Waals surface area contributed by atoms with Crippen LogP contribution in [0.4, 0.5) is 0 Å². The quantitative estimate of drug-likeness (QED) is 0.411. The van der Waals surface area contributed by atoms with Gasteiger partial charge in [0.2, 0.25) is 5.91 Å². The first-order valence-electron chi connectivity index (χ1n) is 8.43. The van der Waals surface area contributed by atoms with Crippen LogP contribution in [-0.2, 0) is 13.9 Å². The minimum absolute atomic E-state index is 0.0388. The second kappa shape index (κ2) is 9.14. The Hall–Kier alpha value is -0.460. The van der Waals surface area contributed by atoms with Crippen molar-refractivity contribution in [1.82, 2.24) is 4.90 Å². The van der Waals surface area contributed by atoms with E-state index in [0.29, 0.717) is 45.1 Å². The number of likely N-dealkylation sites (tertiary alicyclic amines) is 1. The lowest BCUT2D eigenvalue weighted by Crippen LogP contribution is -2.42. The van der Waals surface area contributed by atoms with Gasteiger partial charge in [-0.3, -0.25) is 9.32 Å². The number of unbranched alkanes of at least 4 members (excludes halogenated alkanes) is 1. The van der Waals surface area contributed by atoms with Gasteiger partial charge in [-0.1, -0.05) is 13.8 Å². The summed E-state index contributed by atoms with van der Waals surface area (Å²) in [5, 5.41) is 8.81. The van der Waals surface area contributed by atoms with E-state index in [0.717, 1.165) is 12.8 Å². The molecule has 136 valence electrons. The molecule has 7 nitrogen and oxygen atoms in total. The Bertz CT molecular complexity index is 420. The molecule has 0 aliphatic carbocycles. The van der Waals surface area contributed by atoms with Gasteiger partial charge in [-0.2, -0.15) is 0 Å². The summed E-state index contributed by atoms with van der Waals surface area (Å²) in [6.45, 7) is 4.46. The van der Waals surface area contributed by atoms with E-state index in [9.17, 15) is 19.1 Å². The van der Waals surface area contributed by atoms with E-state index in [1.54, 1.807) is 0 Å². The van der Waals surface area contributed by atoms with Crippen LogP contribution >= 0.6 is 7.82 Å². The molecule has 0 spiro atoms. The van der Waals surface area contributed by atoms with Crippen molar-refractivity contribution in [3.05, 3.63) is 0 Å². The average molecular weight is 351 g/mol. The Morgan fingerprint density at radius 2 is 1.96 bits per heavy atom. The van der Waals surface area contributed by atoms with Gasteiger partial charge in [0.15, 0.2) is 0 Å². The number of carbonyl (C=O) groups is 1. The molecule has 1 aliphatic rings. The fourth-order valence-corrected chi connectivity index (χ4v) is 4.13. The standard InChI is InChI=1S/C15H30NO6P/c1-3-15(4-2,22-23(19,20)21)12-13-8-7-10-16(13)14(18)9-5-6-11-17/h13,17H,3-12H2,1-2H3,(H2,19,20,21)/t13-/m0/s1. The zero-order valence-corrected chi connectivity index (χ0v) is 15.0. The van der Waals surface area contributed by atoms with Gasteiger partial charge in [0.05, 0.1) is 5.60 Å². The van der Waals surface area contributed by atoms with Crippen molar-refractivity contribution in [2.75, 3.05) is 13.2 Å². The number of amides is 1. The number of aliphatic hydroxyl groups excluding tert-OH is 1. The second-order valence-electron chi connectivity index (χ2n) is 6.24. The van der Waals surface area contributed by atoms with Crippen LogP contribution < -0.4 is 0 Å². The predicted molar refractivity (Wildman–Crippen MR) is 86.7 cm³/mol. The van der Waals surface area contributed by atoms with Gasteiger partial charge < -0.3 is 19.8 Å². The number of hydrogen-bond donors (Lipinski definition) is 3. The fourth-order valence-electron chi connectivity index (χ4n) is 3.29. The normalized spacial score (nSPS) is 19.3. The summed E-state index contributed by atoms with van der Waals surface area (Å²) >= 11 is 0. The summed E-state index contributed by atoms with van der Waals surface area (Å²) < 4.78 is 16.4. The third kappa shape index (κ3) is 6.51. The van der Waals surface area contributed by atoms with Gasteiger partial charge in [-0.15, -0.1) is 0 Å². The lowest BCUT2D eigenvalue weighted by atomic mass is 9.88. The van der Waals surface area contributed by atoms with Gasteiger partial charge in [0, 0.05) is 25.6 Å². The van der Waals surface area contributed by atoms with E-state index in [-0.39, 0.29) is 18.6 Å². The largest absolute Gasteiger partial charge is 0.470 e. The van der Waals surface area contributed by atoms with Crippen LogP contribution in [-0.4, -0.2) is 50.5 Å².